The molecule has 0 amide bonds. The van der Waals surface area contributed by atoms with Crippen LogP contribution in [0.5, 0.6) is 0 Å². The lowest BCUT2D eigenvalue weighted by Gasteiger charge is -2.21. The smallest absolute Gasteiger partial charge is 0.166 e. The summed E-state index contributed by atoms with van der Waals surface area (Å²) in [6.45, 7) is 4.10. The Balaban J connectivity index is 2.50. The van der Waals surface area contributed by atoms with Crippen molar-refractivity contribution >= 4 is 29.4 Å². The van der Waals surface area contributed by atoms with Crippen molar-refractivity contribution in [2.24, 2.45) is 0 Å². The van der Waals surface area contributed by atoms with Crippen molar-refractivity contribution in [1.29, 1.82) is 0 Å². The van der Waals surface area contributed by atoms with Crippen LogP contribution in [0.4, 0.5) is 0 Å². The number of halogens is 1. The molecule has 0 N–H and O–H groups in total. The van der Waals surface area contributed by atoms with Crippen LogP contribution in [0.1, 0.15) is 12.8 Å². The summed E-state index contributed by atoms with van der Waals surface area (Å²) in [5, 5.41) is 2.45. The fourth-order valence-electron chi connectivity index (χ4n) is 2.22. The lowest BCUT2D eigenvalue weighted by Crippen LogP contribution is -2.17. The number of hydrogen-bond donors (Lipinski definition) is 0. The molecule has 0 atom stereocenters. The average Bonchev–Trinajstić information content (AvgIpc) is 2.53. The molecule has 0 aromatic heterocycles. The molecule has 0 aliphatic rings. The van der Waals surface area contributed by atoms with Crippen LogP contribution >= 0.6 is 18.7 Å². The van der Waals surface area contributed by atoms with Crippen molar-refractivity contribution in [3.8, 4) is 0 Å². The van der Waals surface area contributed by atoms with Crippen LogP contribution in [0.25, 0.3) is 0 Å². The number of rotatable bonds is 6. The number of alkyl halides is 1. The van der Waals surface area contributed by atoms with Crippen LogP contribution in [-0.2, 0) is 4.57 Å². The quantitative estimate of drug-likeness (QED) is 0.566. The van der Waals surface area contributed by atoms with E-state index in [4.69, 9.17) is 11.6 Å². The van der Waals surface area contributed by atoms with Crippen LogP contribution < -0.4 is 10.6 Å². The SMILES string of the molecule is C=C(CCCCl)P(=O)(c1ccccc1)c1ccccc1. The first kappa shape index (κ1) is 15.1. The molecular formula is C17H18ClOP. The lowest BCUT2D eigenvalue weighted by atomic mass is 10.3. The predicted molar refractivity (Wildman–Crippen MR) is 88.9 cm³/mol. The molecule has 1 nitrogen and oxygen atoms in total. The Morgan fingerprint density at radius 3 is 1.80 bits per heavy atom. The Kier molecular flexibility index (Phi) is 5.23. The largest absolute Gasteiger partial charge is 0.309 e. The summed E-state index contributed by atoms with van der Waals surface area (Å²) < 4.78 is 13.7. The summed E-state index contributed by atoms with van der Waals surface area (Å²) in [5.41, 5.74) is 0. The van der Waals surface area contributed by atoms with Crippen LogP contribution in [0.15, 0.2) is 72.6 Å². The van der Waals surface area contributed by atoms with Gasteiger partial charge in [-0.1, -0.05) is 67.2 Å². The molecule has 0 radical (unpaired) electrons. The van der Waals surface area contributed by atoms with Gasteiger partial charge in [-0.3, -0.25) is 0 Å². The fourth-order valence-corrected chi connectivity index (χ4v) is 5.04. The number of benzene rings is 2. The Morgan fingerprint density at radius 2 is 1.40 bits per heavy atom. The van der Waals surface area contributed by atoms with Gasteiger partial charge in [0.15, 0.2) is 7.14 Å². The van der Waals surface area contributed by atoms with Gasteiger partial charge in [0.25, 0.3) is 0 Å². The first-order valence-corrected chi connectivity index (χ1v) is 8.89. The first-order chi connectivity index (χ1) is 9.69. The Morgan fingerprint density at radius 1 is 0.950 bits per heavy atom. The molecule has 0 saturated carbocycles. The molecule has 0 aliphatic carbocycles. The Hall–Kier alpha value is -1.30. The second-order valence-electron chi connectivity index (χ2n) is 4.64. The number of hydrogen-bond acceptors (Lipinski definition) is 1. The maximum Gasteiger partial charge on any atom is 0.166 e. The topological polar surface area (TPSA) is 17.1 Å². The molecule has 0 unspecified atom stereocenters. The molecule has 2 aromatic rings. The summed E-state index contributed by atoms with van der Waals surface area (Å²) >= 11 is 5.76. The summed E-state index contributed by atoms with van der Waals surface area (Å²) in [5.74, 6) is 0.558. The van der Waals surface area contributed by atoms with Gasteiger partial charge in [-0.15, -0.1) is 11.6 Å². The van der Waals surface area contributed by atoms with Gasteiger partial charge in [-0.2, -0.15) is 0 Å². The molecule has 0 heterocycles. The molecule has 0 fully saturated rings. The molecule has 3 heteroatoms. The van der Waals surface area contributed by atoms with Gasteiger partial charge >= 0.3 is 0 Å². The van der Waals surface area contributed by atoms with Gasteiger partial charge in [0.2, 0.25) is 0 Å². The van der Waals surface area contributed by atoms with E-state index in [0.29, 0.717) is 12.3 Å². The third kappa shape index (κ3) is 3.06. The van der Waals surface area contributed by atoms with Gasteiger partial charge in [-0.25, -0.2) is 0 Å². The maximum atomic E-state index is 13.7. The summed E-state index contributed by atoms with van der Waals surface area (Å²) in [6.07, 6.45) is 1.48. The minimum Gasteiger partial charge on any atom is -0.309 e. The average molecular weight is 305 g/mol. The first-order valence-electron chi connectivity index (χ1n) is 6.65. The second kappa shape index (κ2) is 6.92. The summed E-state index contributed by atoms with van der Waals surface area (Å²) in [6, 6.07) is 19.2. The van der Waals surface area contributed by atoms with Gasteiger partial charge in [0.05, 0.1) is 0 Å². The minimum atomic E-state index is -2.80. The molecule has 20 heavy (non-hydrogen) atoms. The summed E-state index contributed by atoms with van der Waals surface area (Å²) in [7, 11) is -2.80. The zero-order chi connectivity index (χ0) is 14.4. The van der Waals surface area contributed by atoms with E-state index in [2.05, 4.69) is 6.58 Å². The standard InChI is InChI=1S/C17H18ClOP/c1-15(9-8-14-18)20(19,16-10-4-2-5-11-16)17-12-6-3-7-13-17/h2-7,10-13H,1,8-9,14H2. The van der Waals surface area contributed by atoms with Crippen LogP contribution in [0.3, 0.4) is 0 Å². The molecule has 0 bridgehead atoms. The van der Waals surface area contributed by atoms with Crippen LogP contribution in [0, 0.1) is 0 Å². The van der Waals surface area contributed by atoms with Crippen molar-refractivity contribution < 1.29 is 4.57 Å². The molecule has 0 spiro atoms. The highest BCUT2D eigenvalue weighted by Crippen LogP contribution is 2.52. The van der Waals surface area contributed by atoms with Gasteiger partial charge in [0, 0.05) is 16.5 Å². The van der Waals surface area contributed by atoms with E-state index in [9.17, 15) is 4.57 Å². The van der Waals surface area contributed by atoms with Crippen molar-refractivity contribution in [2.45, 2.75) is 12.8 Å². The highest BCUT2D eigenvalue weighted by molar-refractivity contribution is 7.82. The van der Waals surface area contributed by atoms with E-state index < -0.39 is 7.14 Å². The van der Waals surface area contributed by atoms with E-state index >= 15 is 0 Å². The van der Waals surface area contributed by atoms with Crippen molar-refractivity contribution in [3.63, 3.8) is 0 Å². The third-order valence-electron chi connectivity index (χ3n) is 3.28. The van der Waals surface area contributed by atoms with E-state index in [1.807, 2.05) is 60.7 Å². The van der Waals surface area contributed by atoms with Gasteiger partial charge in [0.1, 0.15) is 0 Å². The molecule has 2 aromatic carbocycles. The maximum absolute atomic E-state index is 13.7. The highest BCUT2D eigenvalue weighted by atomic mass is 35.5. The van der Waals surface area contributed by atoms with E-state index in [1.165, 1.54) is 0 Å². The molecule has 2 rings (SSSR count). The lowest BCUT2D eigenvalue weighted by molar-refractivity contribution is 0.589. The zero-order valence-electron chi connectivity index (χ0n) is 11.3. The third-order valence-corrected chi connectivity index (χ3v) is 6.72. The van der Waals surface area contributed by atoms with Gasteiger partial charge < -0.3 is 4.57 Å². The molecule has 104 valence electrons. The molecule has 0 aliphatic heterocycles. The monoisotopic (exact) mass is 304 g/mol. The Bertz CT molecular complexity index is 564. The zero-order valence-corrected chi connectivity index (χ0v) is 13.0. The predicted octanol–water partition coefficient (Wildman–Crippen LogP) is 4.53. The molecule has 0 saturated heterocycles. The van der Waals surface area contributed by atoms with Gasteiger partial charge in [-0.05, 0) is 18.2 Å². The van der Waals surface area contributed by atoms with Crippen molar-refractivity contribution in [1.82, 2.24) is 0 Å². The normalized spacial score (nSPS) is 11.2. The fraction of sp³-hybridized carbons (Fsp3) is 0.176. The highest BCUT2D eigenvalue weighted by Gasteiger charge is 2.29. The molecular weight excluding hydrogens is 287 g/mol. The van der Waals surface area contributed by atoms with E-state index in [-0.39, 0.29) is 0 Å². The minimum absolute atomic E-state index is 0.558. The van der Waals surface area contributed by atoms with Crippen LogP contribution in [0.2, 0.25) is 0 Å². The van der Waals surface area contributed by atoms with Crippen molar-refractivity contribution in [2.75, 3.05) is 5.88 Å². The van der Waals surface area contributed by atoms with Crippen LogP contribution in [-0.4, -0.2) is 5.88 Å². The number of allylic oxidation sites excluding steroid dienone is 1. The second-order valence-corrected chi connectivity index (χ2v) is 7.90. The Labute approximate surface area is 125 Å². The summed E-state index contributed by atoms with van der Waals surface area (Å²) in [4.78, 5) is 0. The van der Waals surface area contributed by atoms with Crippen molar-refractivity contribution in [3.05, 3.63) is 72.6 Å². The van der Waals surface area contributed by atoms with E-state index in [1.54, 1.807) is 0 Å². The van der Waals surface area contributed by atoms with E-state index in [0.717, 1.165) is 22.3 Å².